The van der Waals surface area contributed by atoms with Crippen molar-refractivity contribution in [2.45, 2.75) is 24.9 Å². The Morgan fingerprint density at radius 3 is 2.85 bits per heavy atom. The maximum atomic E-state index is 10.4. The van der Waals surface area contributed by atoms with Crippen LogP contribution < -0.4 is 0 Å². The SMILES string of the molecule is O=[N+]([O-])CC(O)C1OCOC1COCc1ccccc1. The molecule has 0 saturated carbocycles. The third-order valence-electron chi connectivity index (χ3n) is 3.02. The maximum Gasteiger partial charge on any atom is 0.232 e. The summed E-state index contributed by atoms with van der Waals surface area (Å²) in [6.07, 6.45) is -2.41. The van der Waals surface area contributed by atoms with Crippen LogP contribution in [0.2, 0.25) is 0 Å². The minimum Gasteiger partial charge on any atom is -0.383 e. The number of benzene rings is 1. The molecule has 1 N–H and O–H groups in total. The third kappa shape index (κ3) is 4.24. The van der Waals surface area contributed by atoms with Gasteiger partial charge in [0.05, 0.1) is 13.2 Å². The van der Waals surface area contributed by atoms with Gasteiger partial charge in [0.25, 0.3) is 0 Å². The highest BCUT2D eigenvalue weighted by molar-refractivity contribution is 5.13. The molecule has 3 atom stereocenters. The van der Waals surface area contributed by atoms with E-state index < -0.39 is 29.8 Å². The van der Waals surface area contributed by atoms with Crippen LogP contribution in [-0.4, -0.2) is 48.3 Å². The lowest BCUT2D eigenvalue weighted by Gasteiger charge is -2.19. The Hall–Kier alpha value is -1.54. The van der Waals surface area contributed by atoms with E-state index in [1.54, 1.807) is 0 Å². The monoisotopic (exact) mass is 283 g/mol. The standard InChI is InChI=1S/C13H17NO6/c15-11(6-14(16)17)13-12(19-9-20-13)8-18-7-10-4-2-1-3-5-10/h1-5,11-13,15H,6-9H2. The van der Waals surface area contributed by atoms with Crippen molar-refractivity contribution in [1.82, 2.24) is 0 Å². The third-order valence-corrected chi connectivity index (χ3v) is 3.02. The molecule has 7 nitrogen and oxygen atoms in total. The van der Waals surface area contributed by atoms with Gasteiger partial charge in [-0.3, -0.25) is 10.1 Å². The first-order valence-electron chi connectivity index (χ1n) is 6.31. The van der Waals surface area contributed by atoms with Crippen molar-refractivity contribution in [2.24, 2.45) is 0 Å². The molecule has 1 aliphatic rings. The molecule has 1 saturated heterocycles. The highest BCUT2D eigenvalue weighted by atomic mass is 16.7. The van der Waals surface area contributed by atoms with Crippen LogP contribution in [0.1, 0.15) is 5.56 Å². The fourth-order valence-corrected chi connectivity index (χ4v) is 2.03. The molecule has 1 heterocycles. The van der Waals surface area contributed by atoms with E-state index in [0.29, 0.717) is 6.61 Å². The Bertz CT molecular complexity index is 426. The molecule has 1 aliphatic heterocycles. The van der Waals surface area contributed by atoms with Gasteiger partial charge < -0.3 is 19.3 Å². The van der Waals surface area contributed by atoms with Gasteiger partial charge >= 0.3 is 0 Å². The van der Waals surface area contributed by atoms with E-state index in [1.165, 1.54) is 0 Å². The predicted molar refractivity (Wildman–Crippen MR) is 68.6 cm³/mol. The molecule has 0 spiro atoms. The van der Waals surface area contributed by atoms with Gasteiger partial charge in [-0.1, -0.05) is 30.3 Å². The van der Waals surface area contributed by atoms with Gasteiger partial charge in [-0.15, -0.1) is 0 Å². The van der Waals surface area contributed by atoms with Gasteiger partial charge in [-0.05, 0) is 5.56 Å². The van der Waals surface area contributed by atoms with Crippen LogP contribution in [0.25, 0.3) is 0 Å². The van der Waals surface area contributed by atoms with Gasteiger partial charge in [0, 0.05) is 4.92 Å². The van der Waals surface area contributed by atoms with Crippen LogP contribution in [0.5, 0.6) is 0 Å². The molecule has 0 amide bonds. The fraction of sp³-hybridized carbons (Fsp3) is 0.538. The van der Waals surface area contributed by atoms with Crippen LogP contribution >= 0.6 is 0 Å². The summed E-state index contributed by atoms with van der Waals surface area (Å²) in [6.45, 7) is 0.0785. The summed E-state index contributed by atoms with van der Waals surface area (Å²) in [5.41, 5.74) is 1.02. The molecular formula is C13H17NO6. The van der Waals surface area contributed by atoms with Crippen molar-refractivity contribution >= 4 is 0 Å². The Kier molecular flexibility index (Phi) is 5.42. The van der Waals surface area contributed by atoms with Crippen molar-refractivity contribution in [3.8, 4) is 0 Å². The van der Waals surface area contributed by atoms with Gasteiger partial charge in [-0.2, -0.15) is 0 Å². The lowest BCUT2D eigenvalue weighted by atomic mass is 10.1. The van der Waals surface area contributed by atoms with E-state index in [2.05, 4.69) is 0 Å². The molecule has 110 valence electrons. The quantitative estimate of drug-likeness (QED) is 0.581. The second kappa shape index (κ2) is 7.30. The molecule has 1 aromatic carbocycles. The molecule has 0 aliphatic carbocycles. The molecule has 0 bridgehead atoms. The summed E-state index contributed by atoms with van der Waals surface area (Å²) in [6, 6.07) is 9.62. The zero-order chi connectivity index (χ0) is 14.4. The largest absolute Gasteiger partial charge is 0.383 e. The molecule has 0 aromatic heterocycles. The average molecular weight is 283 g/mol. The normalized spacial score (nSPS) is 23.6. The van der Waals surface area contributed by atoms with Crippen molar-refractivity contribution < 1.29 is 24.2 Å². The number of rotatable bonds is 7. The van der Waals surface area contributed by atoms with E-state index in [-0.39, 0.29) is 13.4 Å². The first-order chi connectivity index (χ1) is 9.66. The number of aliphatic hydroxyl groups is 1. The summed E-state index contributed by atoms with van der Waals surface area (Å²) in [4.78, 5) is 9.81. The highest BCUT2D eigenvalue weighted by Crippen LogP contribution is 2.17. The maximum absolute atomic E-state index is 10.4. The topological polar surface area (TPSA) is 91.1 Å². The van der Waals surface area contributed by atoms with E-state index >= 15 is 0 Å². The first kappa shape index (κ1) is 14.9. The molecule has 1 aromatic rings. The molecule has 7 heteroatoms. The average Bonchev–Trinajstić information content (AvgIpc) is 2.88. The van der Waals surface area contributed by atoms with Crippen LogP contribution in [0.3, 0.4) is 0 Å². The minimum absolute atomic E-state index is 0.0127. The van der Waals surface area contributed by atoms with E-state index in [4.69, 9.17) is 14.2 Å². The second-order valence-electron chi connectivity index (χ2n) is 4.54. The summed E-state index contributed by atoms with van der Waals surface area (Å²) in [7, 11) is 0. The van der Waals surface area contributed by atoms with Gasteiger partial charge in [0.15, 0.2) is 0 Å². The van der Waals surface area contributed by atoms with Crippen LogP contribution in [0.4, 0.5) is 0 Å². The summed E-state index contributed by atoms with van der Waals surface area (Å²) in [5, 5.41) is 20.1. The van der Waals surface area contributed by atoms with E-state index in [9.17, 15) is 15.2 Å². The second-order valence-corrected chi connectivity index (χ2v) is 4.54. The lowest BCUT2D eigenvalue weighted by molar-refractivity contribution is -0.493. The molecular weight excluding hydrogens is 266 g/mol. The number of nitrogens with zero attached hydrogens (tertiary/aromatic N) is 1. The van der Waals surface area contributed by atoms with Crippen LogP contribution in [0, 0.1) is 10.1 Å². The molecule has 2 rings (SSSR count). The smallest absolute Gasteiger partial charge is 0.232 e. The number of hydrogen-bond acceptors (Lipinski definition) is 6. The van der Waals surface area contributed by atoms with Crippen molar-refractivity contribution in [3.05, 3.63) is 46.0 Å². The number of aliphatic hydroxyl groups excluding tert-OH is 1. The number of nitro groups is 1. The zero-order valence-corrected chi connectivity index (χ0v) is 10.9. The van der Waals surface area contributed by atoms with Crippen LogP contribution in [-0.2, 0) is 20.8 Å². The van der Waals surface area contributed by atoms with E-state index in [0.717, 1.165) is 5.56 Å². The Labute approximate surface area is 116 Å². The predicted octanol–water partition coefficient (Wildman–Crippen LogP) is 0.582. The first-order valence-corrected chi connectivity index (χ1v) is 6.31. The Morgan fingerprint density at radius 2 is 2.15 bits per heavy atom. The van der Waals surface area contributed by atoms with Crippen molar-refractivity contribution in [1.29, 1.82) is 0 Å². The van der Waals surface area contributed by atoms with Gasteiger partial charge in [0.1, 0.15) is 25.1 Å². The molecule has 0 radical (unpaired) electrons. The summed E-state index contributed by atoms with van der Waals surface area (Å²) >= 11 is 0. The van der Waals surface area contributed by atoms with E-state index in [1.807, 2.05) is 30.3 Å². The highest BCUT2D eigenvalue weighted by Gasteiger charge is 2.37. The molecule has 3 unspecified atom stereocenters. The number of ether oxygens (including phenoxy) is 3. The van der Waals surface area contributed by atoms with Gasteiger partial charge in [-0.25, -0.2) is 0 Å². The minimum atomic E-state index is -1.20. The fourth-order valence-electron chi connectivity index (χ4n) is 2.03. The van der Waals surface area contributed by atoms with Crippen molar-refractivity contribution in [3.63, 3.8) is 0 Å². The van der Waals surface area contributed by atoms with Gasteiger partial charge in [0.2, 0.25) is 6.54 Å². The van der Waals surface area contributed by atoms with Crippen LogP contribution in [0.15, 0.2) is 30.3 Å². The van der Waals surface area contributed by atoms with Crippen molar-refractivity contribution in [2.75, 3.05) is 19.9 Å². The summed E-state index contributed by atoms with van der Waals surface area (Å²) in [5.74, 6) is 0. The summed E-state index contributed by atoms with van der Waals surface area (Å²) < 4.78 is 16.0. The Balaban J connectivity index is 1.78. The lowest BCUT2D eigenvalue weighted by Crippen LogP contribution is -2.41. The Morgan fingerprint density at radius 1 is 1.40 bits per heavy atom. The number of hydrogen-bond donors (Lipinski definition) is 1. The zero-order valence-electron chi connectivity index (χ0n) is 10.9. The molecule has 20 heavy (non-hydrogen) atoms. The molecule has 1 fully saturated rings.